The molecule has 0 bridgehead atoms. The largest absolute Gasteiger partial charge is 0.299 e. The number of pyridine rings is 1. The van der Waals surface area contributed by atoms with Crippen molar-refractivity contribution < 1.29 is 0 Å². The summed E-state index contributed by atoms with van der Waals surface area (Å²) < 4.78 is 0. The number of likely N-dealkylation sites (tertiary alicyclic amines) is 1. The van der Waals surface area contributed by atoms with Gasteiger partial charge in [-0.25, -0.2) is 0 Å². The van der Waals surface area contributed by atoms with Gasteiger partial charge in [0.1, 0.15) is 0 Å². The fourth-order valence-electron chi connectivity index (χ4n) is 4.04. The van der Waals surface area contributed by atoms with Crippen LogP contribution in [-0.4, -0.2) is 59.0 Å². The molecule has 2 aliphatic rings. The van der Waals surface area contributed by atoms with Crippen LogP contribution in [0.4, 0.5) is 0 Å². The molecule has 4 heterocycles. The van der Waals surface area contributed by atoms with Gasteiger partial charge in [0.05, 0.1) is 0 Å². The summed E-state index contributed by atoms with van der Waals surface area (Å²) in [6.45, 7) is 10.5. The monoisotopic (exact) mass is 370 g/mol. The molecule has 4 nitrogen and oxygen atoms in total. The zero-order chi connectivity index (χ0) is 17.6. The SMILES string of the molecule is c1cncc(CN2CCN(Cc3cc(CN4CCCCC4)cs3)CC2)c1. The lowest BCUT2D eigenvalue weighted by atomic mass is 10.1. The summed E-state index contributed by atoms with van der Waals surface area (Å²) in [7, 11) is 0. The first-order valence-corrected chi connectivity index (χ1v) is 10.9. The number of hydrogen-bond acceptors (Lipinski definition) is 5. The molecule has 26 heavy (non-hydrogen) atoms. The highest BCUT2D eigenvalue weighted by Gasteiger charge is 2.18. The van der Waals surface area contributed by atoms with Crippen molar-refractivity contribution in [2.45, 2.75) is 38.9 Å². The van der Waals surface area contributed by atoms with Crippen LogP contribution in [0.25, 0.3) is 0 Å². The Morgan fingerprint density at radius 3 is 2.23 bits per heavy atom. The third kappa shape index (κ3) is 5.13. The molecular formula is C21H30N4S. The molecule has 0 unspecified atom stereocenters. The quantitative estimate of drug-likeness (QED) is 0.777. The van der Waals surface area contributed by atoms with Gasteiger partial charge in [-0.1, -0.05) is 12.5 Å². The van der Waals surface area contributed by atoms with E-state index in [1.54, 1.807) is 0 Å². The second-order valence-electron chi connectivity index (χ2n) is 7.67. The normalized spacial score (nSPS) is 20.5. The fraction of sp³-hybridized carbons (Fsp3) is 0.571. The first-order valence-electron chi connectivity index (χ1n) is 9.97. The second kappa shape index (κ2) is 9.09. The molecule has 0 radical (unpaired) electrons. The Bertz CT molecular complexity index is 658. The Morgan fingerprint density at radius 1 is 0.808 bits per heavy atom. The van der Waals surface area contributed by atoms with E-state index >= 15 is 0 Å². The van der Waals surface area contributed by atoms with Gasteiger partial charge in [-0.3, -0.25) is 19.7 Å². The number of piperazine rings is 1. The molecule has 2 aromatic rings. The summed E-state index contributed by atoms with van der Waals surface area (Å²) in [6, 6.07) is 6.65. The van der Waals surface area contributed by atoms with Crippen molar-refractivity contribution in [3.63, 3.8) is 0 Å². The van der Waals surface area contributed by atoms with Crippen LogP contribution in [0.15, 0.2) is 36.0 Å². The van der Waals surface area contributed by atoms with E-state index in [1.807, 2.05) is 29.8 Å². The van der Waals surface area contributed by atoms with Gasteiger partial charge in [-0.05, 0) is 54.6 Å². The minimum atomic E-state index is 1.03. The van der Waals surface area contributed by atoms with Crippen molar-refractivity contribution in [1.29, 1.82) is 0 Å². The first-order chi connectivity index (χ1) is 12.8. The van der Waals surface area contributed by atoms with Crippen LogP contribution in [-0.2, 0) is 19.6 Å². The molecular weight excluding hydrogens is 340 g/mol. The lowest BCUT2D eigenvalue weighted by molar-refractivity contribution is 0.122. The Hall–Kier alpha value is -1.27. The standard InChI is InChI=1S/C21H30N4S/c1-2-7-23(8-3-1)16-20-13-21(26-18-20)17-25-11-9-24(10-12-25)15-19-5-4-6-22-14-19/h4-6,13-14,18H,1-3,7-12,15-17H2. The number of aromatic nitrogens is 1. The van der Waals surface area contributed by atoms with Crippen LogP contribution in [0.2, 0.25) is 0 Å². The minimum Gasteiger partial charge on any atom is -0.299 e. The van der Waals surface area contributed by atoms with Crippen molar-refractivity contribution in [2.75, 3.05) is 39.3 Å². The Balaban J connectivity index is 1.22. The van der Waals surface area contributed by atoms with Crippen molar-refractivity contribution in [3.05, 3.63) is 52.0 Å². The predicted octanol–water partition coefficient (Wildman–Crippen LogP) is 3.45. The lowest BCUT2D eigenvalue weighted by Crippen LogP contribution is -2.45. The summed E-state index contributed by atoms with van der Waals surface area (Å²) in [5.74, 6) is 0. The van der Waals surface area contributed by atoms with Gasteiger partial charge in [0.2, 0.25) is 0 Å². The molecule has 0 amide bonds. The molecule has 140 valence electrons. The van der Waals surface area contributed by atoms with E-state index in [4.69, 9.17) is 0 Å². The summed E-state index contributed by atoms with van der Waals surface area (Å²) >= 11 is 1.94. The van der Waals surface area contributed by atoms with Crippen LogP contribution in [0.5, 0.6) is 0 Å². The van der Waals surface area contributed by atoms with Gasteiger partial charge in [0.25, 0.3) is 0 Å². The van der Waals surface area contributed by atoms with Gasteiger partial charge >= 0.3 is 0 Å². The molecule has 4 rings (SSSR count). The third-order valence-corrected chi connectivity index (χ3v) is 6.51. The molecule has 2 fully saturated rings. The molecule has 2 saturated heterocycles. The summed E-state index contributed by atoms with van der Waals surface area (Å²) in [5, 5.41) is 2.38. The molecule has 2 aliphatic heterocycles. The highest BCUT2D eigenvalue weighted by molar-refractivity contribution is 7.10. The van der Waals surface area contributed by atoms with Crippen molar-refractivity contribution in [3.8, 4) is 0 Å². The van der Waals surface area contributed by atoms with Crippen LogP contribution >= 0.6 is 11.3 Å². The minimum absolute atomic E-state index is 1.03. The fourth-order valence-corrected chi connectivity index (χ4v) is 4.97. The first kappa shape index (κ1) is 18.1. The van der Waals surface area contributed by atoms with E-state index in [1.165, 1.54) is 61.4 Å². The molecule has 0 atom stereocenters. The van der Waals surface area contributed by atoms with Gasteiger partial charge in [-0.15, -0.1) is 11.3 Å². The average molecular weight is 371 g/mol. The number of piperidine rings is 1. The third-order valence-electron chi connectivity index (χ3n) is 5.54. The number of hydrogen-bond donors (Lipinski definition) is 0. The number of nitrogens with zero attached hydrogens (tertiary/aromatic N) is 4. The maximum atomic E-state index is 4.23. The van der Waals surface area contributed by atoms with Crippen molar-refractivity contribution >= 4 is 11.3 Å². The van der Waals surface area contributed by atoms with E-state index in [0.29, 0.717) is 0 Å². The number of rotatable bonds is 6. The van der Waals surface area contributed by atoms with Gasteiger partial charge in [0, 0.05) is 63.1 Å². The average Bonchev–Trinajstić information content (AvgIpc) is 3.12. The lowest BCUT2D eigenvalue weighted by Gasteiger charge is -2.34. The number of thiophene rings is 1. The predicted molar refractivity (Wildman–Crippen MR) is 108 cm³/mol. The van der Waals surface area contributed by atoms with Crippen molar-refractivity contribution in [1.82, 2.24) is 19.7 Å². The molecule has 2 aromatic heterocycles. The smallest absolute Gasteiger partial charge is 0.0329 e. The highest BCUT2D eigenvalue weighted by atomic mass is 32.1. The molecule has 5 heteroatoms. The van der Waals surface area contributed by atoms with E-state index < -0.39 is 0 Å². The Labute approximate surface area is 161 Å². The van der Waals surface area contributed by atoms with Gasteiger partial charge in [-0.2, -0.15) is 0 Å². The Morgan fingerprint density at radius 2 is 1.50 bits per heavy atom. The van der Waals surface area contributed by atoms with Gasteiger partial charge in [0.15, 0.2) is 0 Å². The molecule has 0 saturated carbocycles. The van der Waals surface area contributed by atoms with Crippen molar-refractivity contribution in [2.24, 2.45) is 0 Å². The molecule has 0 aromatic carbocycles. The highest BCUT2D eigenvalue weighted by Crippen LogP contribution is 2.21. The van der Waals surface area contributed by atoms with E-state index in [2.05, 4.69) is 37.2 Å². The second-order valence-corrected chi connectivity index (χ2v) is 8.67. The summed E-state index contributed by atoms with van der Waals surface area (Å²) in [6.07, 6.45) is 8.00. The Kier molecular flexibility index (Phi) is 6.33. The summed E-state index contributed by atoms with van der Waals surface area (Å²) in [4.78, 5) is 13.5. The van der Waals surface area contributed by atoms with Crippen LogP contribution in [0.3, 0.4) is 0 Å². The summed E-state index contributed by atoms with van der Waals surface area (Å²) in [5.41, 5.74) is 2.84. The molecule has 0 N–H and O–H groups in total. The van der Waals surface area contributed by atoms with Crippen LogP contribution in [0.1, 0.15) is 35.3 Å². The maximum absolute atomic E-state index is 4.23. The van der Waals surface area contributed by atoms with E-state index in [-0.39, 0.29) is 0 Å². The van der Waals surface area contributed by atoms with Gasteiger partial charge < -0.3 is 0 Å². The molecule has 0 aliphatic carbocycles. The van der Waals surface area contributed by atoms with E-state index in [9.17, 15) is 0 Å². The van der Waals surface area contributed by atoms with E-state index in [0.717, 1.165) is 32.7 Å². The molecule has 0 spiro atoms. The van der Waals surface area contributed by atoms with Crippen LogP contribution in [0, 0.1) is 0 Å². The van der Waals surface area contributed by atoms with Crippen LogP contribution < -0.4 is 0 Å². The zero-order valence-electron chi connectivity index (χ0n) is 15.6. The zero-order valence-corrected chi connectivity index (χ0v) is 16.5. The topological polar surface area (TPSA) is 22.6 Å². The maximum Gasteiger partial charge on any atom is 0.0329 e.